The van der Waals surface area contributed by atoms with Crippen LogP contribution in [0.3, 0.4) is 0 Å². The maximum absolute atomic E-state index is 4.68. The summed E-state index contributed by atoms with van der Waals surface area (Å²) < 4.78 is 4.17. The smallest absolute Gasteiger partial charge is 0.155 e. The van der Waals surface area contributed by atoms with Crippen LogP contribution in [0.15, 0.2) is 18.5 Å². The maximum Gasteiger partial charge on any atom is 0.155 e. The highest BCUT2D eigenvalue weighted by Crippen LogP contribution is 2.44. The zero-order chi connectivity index (χ0) is 17.1. The molecule has 3 aromatic heterocycles. The first-order valence-electron chi connectivity index (χ1n) is 9.27. The van der Waals surface area contributed by atoms with Crippen molar-refractivity contribution in [2.75, 3.05) is 0 Å². The molecule has 2 aliphatic rings. The lowest BCUT2D eigenvalue weighted by Crippen LogP contribution is -2.38. The molecule has 0 amide bonds. The zero-order valence-corrected chi connectivity index (χ0v) is 15.1. The van der Waals surface area contributed by atoms with Crippen LogP contribution in [-0.2, 0) is 19.5 Å². The molecule has 130 valence electrons. The normalized spacial score (nSPS) is 22.7. The Bertz CT molecular complexity index is 952. The van der Waals surface area contributed by atoms with E-state index in [2.05, 4.69) is 55.4 Å². The second kappa shape index (κ2) is 5.39. The Morgan fingerprint density at radius 2 is 2.08 bits per heavy atom. The summed E-state index contributed by atoms with van der Waals surface area (Å²) >= 11 is 0. The molecular weight excluding hydrogens is 312 g/mol. The van der Waals surface area contributed by atoms with Gasteiger partial charge in [-0.3, -0.25) is 9.58 Å². The monoisotopic (exact) mass is 336 g/mol. The summed E-state index contributed by atoms with van der Waals surface area (Å²) in [6.45, 7) is 8.29. The van der Waals surface area contributed by atoms with E-state index in [1.807, 2.05) is 13.1 Å². The quantitative estimate of drug-likeness (QED) is 0.738. The molecule has 5 rings (SSSR count). The van der Waals surface area contributed by atoms with E-state index in [0.717, 1.165) is 30.9 Å². The molecule has 6 heteroatoms. The number of aryl methyl sites for hydroxylation is 2. The highest BCUT2D eigenvalue weighted by molar-refractivity contribution is 5.44. The largest absolute Gasteiger partial charge is 0.288 e. The van der Waals surface area contributed by atoms with E-state index >= 15 is 0 Å². The molecular formula is C19H24N6. The van der Waals surface area contributed by atoms with Gasteiger partial charge in [-0.1, -0.05) is 0 Å². The zero-order valence-electron chi connectivity index (χ0n) is 15.1. The minimum Gasteiger partial charge on any atom is -0.288 e. The fraction of sp³-hybridized carbons (Fsp3) is 0.526. The van der Waals surface area contributed by atoms with Gasteiger partial charge < -0.3 is 0 Å². The minimum atomic E-state index is 0.458. The van der Waals surface area contributed by atoms with Crippen molar-refractivity contribution in [3.63, 3.8) is 0 Å². The molecule has 0 spiro atoms. The topological polar surface area (TPSA) is 51.2 Å². The van der Waals surface area contributed by atoms with Crippen LogP contribution in [0, 0.1) is 13.8 Å². The summed E-state index contributed by atoms with van der Waals surface area (Å²) in [5, 5.41) is 9.20. The molecule has 3 aromatic rings. The molecule has 0 unspecified atom stereocenters. The van der Waals surface area contributed by atoms with Gasteiger partial charge in [-0.25, -0.2) is 9.50 Å². The molecule has 1 fully saturated rings. The molecule has 2 bridgehead atoms. The molecule has 2 aliphatic heterocycles. The summed E-state index contributed by atoms with van der Waals surface area (Å²) in [4.78, 5) is 7.33. The summed E-state index contributed by atoms with van der Waals surface area (Å²) in [6.07, 6.45) is 7.67. The average molecular weight is 336 g/mol. The minimum absolute atomic E-state index is 0.458. The average Bonchev–Trinajstić information content (AvgIpc) is 3.23. The first kappa shape index (κ1) is 15.1. The highest BCUT2D eigenvalue weighted by atomic mass is 15.3. The van der Waals surface area contributed by atoms with Gasteiger partial charge in [0, 0.05) is 60.7 Å². The Hall–Kier alpha value is -2.21. The first-order chi connectivity index (χ1) is 12.2. The fourth-order valence-corrected chi connectivity index (χ4v) is 4.70. The molecule has 5 heterocycles. The number of hydrogen-bond acceptors (Lipinski definition) is 4. The molecule has 0 saturated carbocycles. The van der Waals surface area contributed by atoms with Crippen molar-refractivity contribution >= 4 is 5.65 Å². The number of rotatable bonds is 3. The van der Waals surface area contributed by atoms with Gasteiger partial charge in [0.25, 0.3) is 0 Å². The third-order valence-electron chi connectivity index (χ3n) is 6.03. The molecule has 25 heavy (non-hydrogen) atoms. The summed E-state index contributed by atoms with van der Waals surface area (Å²) in [7, 11) is 0. The van der Waals surface area contributed by atoms with Crippen molar-refractivity contribution in [2.45, 2.75) is 65.2 Å². The predicted molar refractivity (Wildman–Crippen MR) is 95.4 cm³/mol. The molecule has 0 aliphatic carbocycles. The van der Waals surface area contributed by atoms with Gasteiger partial charge in [-0.15, -0.1) is 0 Å². The lowest BCUT2D eigenvalue weighted by Gasteiger charge is -2.36. The second-order valence-corrected chi connectivity index (χ2v) is 7.41. The van der Waals surface area contributed by atoms with Gasteiger partial charge in [0.1, 0.15) is 0 Å². The molecule has 0 radical (unpaired) electrons. The number of fused-ring (bicyclic) bond motifs is 6. The van der Waals surface area contributed by atoms with Crippen molar-refractivity contribution in [3.05, 3.63) is 46.7 Å². The SMILES string of the molecule is CCn1ncc(CN2[C@H]3CC[C@@H]2c2cnc4cc(C)nn4c2C3)c1C. The number of nitrogens with zero attached hydrogens (tertiary/aromatic N) is 6. The van der Waals surface area contributed by atoms with Crippen LogP contribution in [0.2, 0.25) is 0 Å². The Morgan fingerprint density at radius 1 is 1.20 bits per heavy atom. The lowest BCUT2D eigenvalue weighted by molar-refractivity contribution is 0.164. The van der Waals surface area contributed by atoms with Crippen LogP contribution in [0.1, 0.15) is 54.0 Å². The van der Waals surface area contributed by atoms with E-state index in [1.54, 1.807) is 0 Å². The van der Waals surface area contributed by atoms with Gasteiger partial charge in [-0.05, 0) is 33.6 Å². The maximum atomic E-state index is 4.68. The predicted octanol–water partition coefficient (Wildman–Crippen LogP) is 2.82. The van der Waals surface area contributed by atoms with Gasteiger partial charge in [-0.2, -0.15) is 10.2 Å². The first-order valence-corrected chi connectivity index (χ1v) is 9.27. The molecule has 2 atom stereocenters. The van der Waals surface area contributed by atoms with E-state index in [9.17, 15) is 0 Å². The van der Waals surface area contributed by atoms with Crippen molar-refractivity contribution in [2.24, 2.45) is 0 Å². The number of hydrogen-bond donors (Lipinski definition) is 0. The van der Waals surface area contributed by atoms with E-state index < -0.39 is 0 Å². The third kappa shape index (κ3) is 2.16. The molecule has 0 N–H and O–H groups in total. The molecule has 6 nitrogen and oxygen atoms in total. The van der Waals surface area contributed by atoms with Gasteiger partial charge >= 0.3 is 0 Å². The van der Waals surface area contributed by atoms with Crippen LogP contribution >= 0.6 is 0 Å². The van der Waals surface area contributed by atoms with Crippen LogP contribution in [-0.4, -0.2) is 35.3 Å². The van der Waals surface area contributed by atoms with E-state index in [0.29, 0.717) is 12.1 Å². The van der Waals surface area contributed by atoms with E-state index in [4.69, 9.17) is 0 Å². The van der Waals surface area contributed by atoms with Crippen molar-refractivity contribution in [3.8, 4) is 0 Å². The lowest BCUT2D eigenvalue weighted by atomic mass is 9.98. The van der Waals surface area contributed by atoms with Crippen molar-refractivity contribution in [1.29, 1.82) is 0 Å². The van der Waals surface area contributed by atoms with E-state index in [1.165, 1.54) is 35.4 Å². The van der Waals surface area contributed by atoms with Crippen LogP contribution < -0.4 is 0 Å². The van der Waals surface area contributed by atoms with Gasteiger partial charge in [0.05, 0.1) is 17.6 Å². The van der Waals surface area contributed by atoms with Crippen molar-refractivity contribution < 1.29 is 0 Å². The Balaban J connectivity index is 1.53. The number of aromatic nitrogens is 5. The van der Waals surface area contributed by atoms with Crippen LogP contribution in [0.5, 0.6) is 0 Å². The van der Waals surface area contributed by atoms with Crippen molar-refractivity contribution in [1.82, 2.24) is 29.3 Å². The fourth-order valence-electron chi connectivity index (χ4n) is 4.70. The molecule has 0 aromatic carbocycles. The standard InChI is InChI=1S/C19H24N6/c1-4-24-13(3)14(9-21-24)11-23-15-5-6-17(23)16-10-20-19-7-12(2)22-25(19)18(16)8-15/h7,9-10,15,17H,4-6,8,11H2,1-3H3/t15-,17+/m0/s1. The van der Waals surface area contributed by atoms with Gasteiger partial charge in [0.2, 0.25) is 0 Å². The van der Waals surface area contributed by atoms with E-state index in [-0.39, 0.29) is 0 Å². The summed E-state index contributed by atoms with van der Waals surface area (Å²) in [5.74, 6) is 0. The third-order valence-corrected chi connectivity index (χ3v) is 6.03. The summed E-state index contributed by atoms with van der Waals surface area (Å²) in [5.41, 5.74) is 7.39. The molecule has 1 saturated heterocycles. The Labute approximate surface area is 147 Å². The highest BCUT2D eigenvalue weighted by Gasteiger charge is 2.41. The van der Waals surface area contributed by atoms with Crippen LogP contribution in [0.25, 0.3) is 5.65 Å². The Kier molecular flexibility index (Phi) is 3.25. The Morgan fingerprint density at radius 3 is 2.88 bits per heavy atom. The summed E-state index contributed by atoms with van der Waals surface area (Å²) in [6, 6.07) is 3.12. The van der Waals surface area contributed by atoms with Gasteiger partial charge in [0.15, 0.2) is 5.65 Å². The second-order valence-electron chi connectivity index (χ2n) is 7.41. The van der Waals surface area contributed by atoms with Crippen LogP contribution in [0.4, 0.5) is 0 Å².